The molecule has 6 nitrogen and oxygen atoms in total. The van der Waals surface area contributed by atoms with E-state index in [1.165, 1.54) is 0 Å². The molecule has 108 valence electrons. The van der Waals surface area contributed by atoms with Gasteiger partial charge < -0.3 is 5.32 Å². The molecule has 2 N–H and O–H groups in total. The molecule has 0 unspecified atom stereocenters. The molecular weight excluding hydrogens is 298 g/mol. The number of aromatic nitrogens is 4. The fourth-order valence-electron chi connectivity index (χ4n) is 2.19. The number of fused-ring (bicyclic) bond motifs is 1. The van der Waals surface area contributed by atoms with Gasteiger partial charge in [-0.1, -0.05) is 6.07 Å². The number of carbonyl (C=O) groups excluding carboxylic acids is 1. The molecule has 4 aromatic heterocycles. The Balaban J connectivity index is 1.56. The summed E-state index contributed by atoms with van der Waals surface area (Å²) in [6, 6.07) is 11.2. The van der Waals surface area contributed by atoms with Gasteiger partial charge in [-0.15, -0.1) is 11.3 Å². The third-order valence-electron chi connectivity index (χ3n) is 3.25. The lowest BCUT2D eigenvalue weighted by molar-refractivity contribution is 0.102. The highest BCUT2D eigenvalue weighted by atomic mass is 32.1. The van der Waals surface area contributed by atoms with E-state index in [-0.39, 0.29) is 5.91 Å². The summed E-state index contributed by atoms with van der Waals surface area (Å²) in [5.41, 5.74) is 2.82. The van der Waals surface area contributed by atoms with Crippen molar-refractivity contribution in [2.24, 2.45) is 0 Å². The molecule has 0 saturated carbocycles. The van der Waals surface area contributed by atoms with Crippen LogP contribution in [0.3, 0.4) is 0 Å². The molecule has 4 rings (SSSR count). The maximum absolute atomic E-state index is 12.3. The van der Waals surface area contributed by atoms with Crippen LogP contribution in [0.1, 0.15) is 10.5 Å². The minimum atomic E-state index is -0.247. The van der Waals surface area contributed by atoms with Gasteiger partial charge in [0.1, 0.15) is 0 Å². The van der Waals surface area contributed by atoms with Crippen LogP contribution in [0.5, 0.6) is 0 Å². The predicted octanol–water partition coefficient (Wildman–Crippen LogP) is 3.04. The summed E-state index contributed by atoms with van der Waals surface area (Å²) >= 11 is 1.59. The molecule has 0 aromatic carbocycles. The molecule has 0 aliphatic heterocycles. The highest BCUT2D eigenvalue weighted by Gasteiger charge is 2.12. The van der Waals surface area contributed by atoms with Crippen LogP contribution in [0, 0.1) is 0 Å². The van der Waals surface area contributed by atoms with E-state index in [0.717, 1.165) is 16.1 Å². The zero-order valence-electron chi connectivity index (χ0n) is 11.4. The summed E-state index contributed by atoms with van der Waals surface area (Å²) in [5.74, 6) is -0.247. The quantitative estimate of drug-likeness (QED) is 0.611. The van der Waals surface area contributed by atoms with Crippen LogP contribution in [0.25, 0.3) is 16.1 Å². The number of carbonyl (C=O) groups is 1. The van der Waals surface area contributed by atoms with Crippen LogP contribution in [0.4, 0.5) is 5.69 Å². The van der Waals surface area contributed by atoms with Crippen LogP contribution < -0.4 is 5.32 Å². The molecule has 0 saturated heterocycles. The van der Waals surface area contributed by atoms with Crippen molar-refractivity contribution in [3.8, 4) is 10.6 Å². The molecule has 0 fully saturated rings. The largest absolute Gasteiger partial charge is 0.320 e. The Morgan fingerprint density at radius 1 is 1.27 bits per heavy atom. The average Bonchev–Trinajstić information content (AvgIpc) is 3.26. The Labute approximate surface area is 129 Å². The summed E-state index contributed by atoms with van der Waals surface area (Å²) in [6.45, 7) is 0. The van der Waals surface area contributed by atoms with Crippen molar-refractivity contribution in [3.05, 3.63) is 59.9 Å². The van der Waals surface area contributed by atoms with E-state index in [1.54, 1.807) is 40.4 Å². The standard InChI is InChI=1S/C15H11N5OS/c21-15(13-9-12(18-19-13)14-2-1-7-22-14)17-10-4-6-20-11(8-10)3-5-16-20/h1-9H,(H,17,21)(H,18,19). The number of amides is 1. The molecule has 0 aliphatic rings. The van der Waals surface area contributed by atoms with Gasteiger partial charge >= 0.3 is 0 Å². The number of thiophene rings is 1. The molecule has 0 bridgehead atoms. The monoisotopic (exact) mass is 309 g/mol. The number of anilines is 1. The van der Waals surface area contributed by atoms with E-state index in [0.29, 0.717) is 11.4 Å². The Kier molecular flexibility index (Phi) is 2.97. The summed E-state index contributed by atoms with van der Waals surface area (Å²) in [6.07, 6.45) is 3.51. The summed E-state index contributed by atoms with van der Waals surface area (Å²) < 4.78 is 1.74. The molecular formula is C15H11N5OS. The minimum Gasteiger partial charge on any atom is -0.320 e. The van der Waals surface area contributed by atoms with Crippen molar-refractivity contribution in [3.63, 3.8) is 0 Å². The lowest BCUT2D eigenvalue weighted by Crippen LogP contribution is -2.12. The summed E-state index contributed by atoms with van der Waals surface area (Å²) in [4.78, 5) is 13.3. The van der Waals surface area contributed by atoms with Crippen LogP contribution in [-0.2, 0) is 0 Å². The number of rotatable bonds is 3. The highest BCUT2D eigenvalue weighted by Crippen LogP contribution is 2.23. The van der Waals surface area contributed by atoms with Gasteiger partial charge in [-0.25, -0.2) is 4.52 Å². The zero-order valence-corrected chi connectivity index (χ0v) is 12.2. The van der Waals surface area contributed by atoms with E-state index in [1.807, 2.05) is 29.6 Å². The van der Waals surface area contributed by atoms with Crippen molar-refractivity contribution >= 4 is 28.4 Å². The first kappa shape index (κ1) is 12.8. The molecule has 0 spiro atoms. The SMILES string of the molecule is O=C(Nc1ccn2nccc2c1)c1cc(-c2cccs2)[nH]n1. The first-order valence-corrected chi connectivity index (χ1v) is 7.51. The third-order valence-corrected chi connectivity index (χ3v) is 4.16. The summed E-state index contributed by atoms with van der Waals surface area (Å²) in [5, 5.41) is 15.9. The number of aromatic amines is 1. The van der Waals surface area contributed by atoms with Gasteiger partial charge in [0.15, 0.2) is 5.69 Å². The Bertz CT molecular complexity index is 938. The van der Waals surface area contributed by atoms with Crippen LogP contribution in [-0.4, -0.2) is 25.7 Å². The maximum Gasteiger partial charge on any atom is 0.276 e. The lowest BCUT2D eigenvalue weighted by atomic mass is 10.3. The molecule has 7 heteroatoms. The second-order valence-electron chi connectivity index (χ2n) is 4.71. The van der Waals surface area contributed by atoms with E-state index in [4.69, 9.17) is 0 Å². The van der Waals surface area contributed by atoms with E-state index >= 15 is 0 Å². The van der Waals surface area contributed by atoms with Gasteiger partial charge in [0.25, 0.3) is 5.91 Å². The predicted molar refractivity (Wildman–Crippen MR) is 85.0 cm³/mol. The minimum absolute atomic E-state index is 0.247. The third kappa shape index (κ3) is 2.27. The first-order valence-electron chi connectivity index (χ1n) is 6.64. The van der Waals surface area contributed by atoms with Crippen molar-refractivity contribution in [1.82, 2.24) is 19.8 Å². The molecule has 0 atom stereocenters. The lowest BCUT2D eigenvalue weighted by Gasteiger charge is -2.03. The van der Waals surface area contributed by atoms with E-state index in [9.17, 15) is 4.79 Å². The highest BCUT2D eigenvalue weighted by molar-refractivity contribution is 7.13. The van der Waals surface area contributed by atoms with E-state index in [2.05, 4.69) is 20.6 Å². The smallest absolute Gasteiger partial charge is 0.276 e. The Morgan fingerprint density at radius 3 is 3.09 bits per heavy atom. The molecule has 1 amide bonds. The number of nitrogens with one attached hydrogen (secondary N) is 2. The zero-order chi connectivity index (χ0) is 14.9. The average molecular weight is 309 g/mol. The first-order chi connectivity index (χ1) is 10.8. The number of hydrogen-bond donors (Lipinski definition) is 2. The Morgan fingerprint density at radius 2 is 2.23 bits per heavy atom. The number of nitrogens with zero attached hydrogens (tertiary/aromatic N) is 3. The normalized spacial score (nSPS) is 10.9. The van der Waals surface area contributed by atoms with Crippen LogP contribution >= 0.6 is 11.3 Å². The van der Waals surface area contributed by atoms with Gasteiger partial charge in [-0.2, -0.15) is 10.2 Å². The van der Waals surface area contributed by atoms with Crippen molar-refractivity contribution in [2.75, 3.05) is 5.32 Å². The van der Waals surface area contributed by atoms with Gasteiger partial charge in [0.2, 0.25) is 0 Å². The van der Waals surface area contributed by atoms with Crippen molar-refractivity contribution in [1.29, 1.82) is 0 Å². The van der Waals surface area contributed by atoms with Gasteiger partial charge in [0, 0.05) is 18.1 Å². The number of hydrogen-bond acceptors (Lipinski definition) is 4. The van der Waals surface area contributed by atoms with Gasteiger partial charge in [-0.3, -0.25) is 9.89 Å². The second-order valence-corrected chi connectivity index (χ2v) is 5.66. The fraction of sp³-hybridized carbons (Fsp3) is 0. The maximum atomic E-state index is 12.3. The van der Waals surface area contributed by atoms with E-state index < -0.39 is 0 Å². The molecule has 22 heavy (non-hydrogen) atoms. The fourth-order valence-corrected chi connectivity index (χ4v) is 2.88. The second kappa shape index (κ2) is 5.12. The molecule has 4 aromatic rings. The van der Waals surface area contributed by atoms with Gasteiger partial charge in [-0.05, 0) is 35.7 Å². The van der Waals surface area contributed by atoms with Crippen LogP contribution in [0.15, 0.2) is 54.2 Å². The topological polar surface area (TPSA) is 75.1 Å². The molecule has 0 radical (unpaired) electrons. The van der Waals surface area contributed by atoms with Gasteiger partial charge in [0.05, 0.1) is 16.1 Å². The number of H-pyrrole nitrogens is 1. The number of pyridine rings is 1. The molecule has 0 aliphatic carbocycles. The molecule has 4 heterocycles. The summed E-state index contributed by atoms with van der Waals surface area (Å²) in [7, 11) is 0. The Hall–Kier alpha value is -2.93. The van der Waals surface area contributed by atoms with Crippen molar-refractivity contribution in [2.45, 2.75) is 0 Å². The van der Waals surface area contributed by atoms with Crippen LogP contribution in [0.2, 0.25) is 0 Å². The van der Waals surface area contributed by atoms with Crippen molar-refractivity contribution < 1.29 is 4.79 Å².